The molecule has 3 aromatic carbocycles. The number of rotatable bonds is 4. The first-order valence-electron chi connectivity index (χ1n) is 10.9. The number of hydrogen-bond donors (Lipinski definition) is 3. The van der Waals surface area contributed by atoms with Crippen LogP contribution in [0.3, 0.4) is 0 Å². The molecule has 2 atom stereocenters. The molecule has 2 aliphatic heterocycles. The van der Waals surface area contributed by atoms with Crippen molar-refractivity contribution < 1.29 is 14.3 Å². The van der Waals surface area contributed by atoms with Crippen molar-refractivity contribution in [2.45, 2.75) is 38.5 Å². The van der Waals surface area contributed by atoms with Crippen molar-refractivity contribution in [1.29, 1.82) is 0 Å². The molecule has 0 fully saturated rings. The van der Waals surface area contributed by atoms with Gasteiger partial charge in [0, 0.05) is 34.6 Å². The van der Waals surface area contributed by atoms with Crippen LogP contribution in [0.15, 0.2) is 60.7 Å². The maximum absolute atomic E-state index is 12.6. The maximum Gasteiger partial charge on any atom is 0.241 e. The van der Waals surface area contributed by atoms with Gasteiger partial charge < -0.3 is 26.3 Å². The Balaban J connectivity index is 1.59. The first-order valence-corrected chi connectivity index (χ1v) is 10.9. The SMILES string of the molecule is CC(C)C[C@H](N)C(=O)Nc1ccc2c(c1)Oc1cc(N)ccc1C21OCc2ccccc21. The summed E-state index contributed by atoms with van der Waals surface area (Å²) in [6.45, 7) is 4.59. The van der Waals surface area contributed by atoms with E-state index in [4.69, 9.17) is 20.9 Å². The lowest BCUT2D eigenvalue weighted by atomic mass is 9.77. The summed E-state index contributed by atoms with van der Waals surface area (Å²) in [6.07, 6.45) is 0.619. The van der Waals surface area contributed by atoms with E-state index in [0.717, 1.165) is 22.3 Å². The van der Waals surface area contributed by atoms with Crippen LogP contribution in [0.5, 0.6) is 11.5 Å². The highest BCUT2D eigenvalue weighted by Gasteiger charge is 2.49. The second-order valence-electron chi connectivity index (χ2n) is 8.92. The number of amides is 1. The molecular formula is C26H27N3O3. The zero-order chi connectivity index (χ0) is 22.5. The molecule has 0 aromatic heterocycles. The Morgan fingerprint density at radius 2 is 1.75 bits per heavy atom. The second-order valence-corrected chi connectivity index (χ2v) is 8.92. The Morgan fingerprint density at radius 1 is 1.03 bits per heavy atom. The second kappa shape index (κ2) is 7.65. The van der Waals surface area contributed by atoms with Gasteiger partial charge >= 0.3 is 0 Å². The molecule has 0 saturated heterocycles. The van der Waals surface area contributed by atoms with Crippen LogP contribution in [-0.2, 0) is 21.7 Å². The lowest BCUT2D eigenvalue weighted by molar-refractivity contribution is -0.117. The Hall–Kier alpha value is -3.35. The van der Waals surface area contributed by atoms with Crippen molar-refractivity contribution in [3.05, 3.63) is 82.9 Å². The average Bonchev–Trinajstić information content (AvgIpc) is 3.13. The van der Waals surface area contributed by atoms with Crippen molar-refractivity contribution in [2.24, 2.45) is 11.7 Å². The number of carbonyl (C=O) groups is 1. The van der Waals surface area contributed by atoms with Crippen molar-refractivity contribution in [3.63, 3.8) is 0 Å². The Labute approximate surface area is 187 Å². The molecule has 3 aromatic rings. The molecule has 0 radical (unpaired) electrons. The van der Waals surface area contributed by atoms with Crippen LogP contribution >= 0.6 is 0 Å². The number of carbonyl (C=O) groups excluding carboxylic acids is 1. The van der Waals surface area contributed by atoms with Crippen molar-refractivity contribution in [1.82, 2.24) is 0 Å². The molecule has 0 aliphatic carbocycles. The van der Waals surface area contributed by atoms with Gasteiger partial charge in [0.1, 0.15) is 11.5 Å². The van der Waals surface area contributed by atoms with Crippen LogP contribution in [0.2, 0.25) is 0 Å². The summed E-state index contributed by atoms with van der Waals surface area (Å²) in [7, 11) is 0. The van der Waals surface area contributed by atoms with Crippen molar-refractivity contribution >= 4 is 17.3 Å². The smallest absolute Gasteiger partial charge is 0.241 e. The van der Waals surface area contributed by atoms with Crippen LogP contribution in [0.1, 0.15) is 42.5 Å². The van der Waals surface area contributed by atoms with E-state index >= 15 is 0 Å². The van der Waals surface area contributed by atoms with E-state index in [2.05, 4.69) is 17.4 Å². The van der Waals surface area contributed by atoms with Gasteiger partial charge in [-0.25, -0.2) is 0 Å². The van der Waals surface area contributed by atoms with Crippen LogP contribution < -0.4 is 21.5 Å². The fourth-order valence-electron chi connectivity index (χ4n) is 4.70. The van der Waals surface area contributed by atoms with Gasteiger partial charge in [0.05, 0.1) is 12.6 Å². The minimum Gasteiger partial charge on any atom is -0.456 e. The van der Waals surface area contributed by atoms with Gasteiger partial charge in [-0.2, -0.15) is 0 Å². The minimum absolute atomic E-state index is 0.212. The van der Waals surface area contributed by atoms with Gasteiger partial charge in [0.15, 0.2) is 5.60 Å². The summed E-state index contributed by atoms with van der Waals surface area (Å²) in [5.41, 5.74) is 16.6. The Kier molecular flexibility index (Phi) is 4.92. The normalized spacial score (nSPS) is 19.1. The molecule has 0 saturated carbocycles. The zero-order valence-electron chi connectivity index (χ0n) is 18.2. The largest absolute Gasteiger partial charge is 0.456 e. The molecule has 2 aliphatic rings. The molecule has 1 amide bonds. The Bertz CT molecular complexity index is 1210. The molecule has 5 rings (SSSR count). The third kappa shape index (κ3) is 3.23. The first-order chi connectivity index (χ1) is 15.4. The molecule has 32 heavy (non-hydrogen) atoms. The predicted molar refractivity (Wildman–Crippen MR) is 125 cm³/mol. The molecule has 164 valence electrons. The van der Waals surface area contributed by atoms with Gasteiger partial charge in [0.25, 0.3) is 0 Å². The summed E-state index contributed by atoms with van der Waals surface area (Å²) in [5, 5.41) is 2.92. The van der Waals surface area contributed by atoms with Gasteiger partial charge in [-0.3, -0.25) is 4.79 Å². The van der Waals surface area contributed by atoms with Crippen LogP contribution in [0.4, 0.5) is 11.4 Å². The highest BCUT2D eigenvalue weighted by molar-refractivity contribution is 5.95. The van der Waals surface area contributed by atoms with Crippen LogP contribution in [0, 0.1) is 5.92 Å². The van der Waals surface area contributed by atoms with Gasteiger partial charge in [-0.15, -0.1) is 0 Å². The average molecular weight is 430 g/mol. The summed E-state index contributed by atoms with van der Waals surface area (Å²) in [5.74, 6) is 1.39. The van der Waals surface area contributed by atoms with Crippen molar-refractivity contribution in [3.8, 4) is 11.5 Å². The molecule has 2 heterocycles. The maximum atomic E-state index is 12.6. The summed E-state index contributed by atoms with van der Waals surface area (Å²) < 4.78 is 12.8. The van der Waals surface area contributed by atoms with E-state index in [-0.39, 0.29) is 5.91 Å². The fourth-order valence-corrected chi connectivity index (χ4v) is 4.70. The predicted octanol–water partition coefficient (Wildman–Crippen LogP) is 4.51. The lowest BCUT2D eigenvalue weighted by Crippen LogP contribution is -2.36. The number of fused-ring (bicyclic) bond motifs is 6. The van der Waals surface area contributed by atoms with Crippen molar-refractivity contribution in [2.75, 3.05) is 11.1 Å². The number of ether oxygens (including phenoxy) is 2. The summed E-state index contributed by atoms with van der Waals surface area (Å²) in [4.78, 5) is 12.6. The molecule has 1 unspecified atom stereocenters. The van der Waals surface area contributed by atoms with Gasteiger partial charge in [-0.1, -0.05) is 38.1 Å². The number of nitrogens with one attached hydrogen (secondary N) is 1. The highest BCUT2D eigenvalue weighted by atomic mass is 16.5. The fraction of sp³-hybridized carbons (Fsp3) is 0.269. The molecule has 1 spiro atoms. The van der Waals surface area contributed by atoms with E-state index in [1.807, 2.05) is 62.4 Å². The number of nitrogens with two attached hydrogens (primary N) is 2. The molecule has 6 heteroatoms. The third-order valence-electron chi connectivity index (χ3n) is 6.14. The lowest BCUT2D eigenvalue weighted by Gasteiger charge is -2.37. The Morgan fingerprint density at radius 3 is 2.53 bits per heavy atom. The van der Waals surface area contributed by atoms with E-state index in [0.29, 0.717) is 41.8 Å². The number of anilines is 2. The highest BCUT2D eigenvalue weighted by Crippen LogP contribution is 2.56. The quantitative estimate of drug-likeness (QED) is 0.530. The van der Waals surface area contributed by atoms with Crippen LogP contribution in [0.25, 0.3) is 0 Å². The van der Waals surface area contributed by atoms with E-state index < -0.39 is 11.6 Å². The molecular weight excluding hydrogens is 402 g/mol. The van der Waals surface area contributed by atoms with E-state index in [9.17, 15) is 4.79 Å². The van der Waals surface area contributed by atoms with E-state index in [1.165, 1.54) is 0 Å². The van der Waals surface area contributed by atoms with Gasteiger partial charge in [0.2, 0.25) is 5.91 Å². The van der Waals surface area contributed by atoms with Crippen LogP contribution in [-0.4, -0.2) is 11.9 Å². The number of hydrogen-bond acceptors (Lipinski definition) is 5. The minimum atomic E-state index is -0.788. The van der Waals surface area contributed by atoms with E-state index in [1.54, 1.807) is 0 Å². The molecule has 5 N–H and O–H groups in total. The first kappa shape index (κ1) is 20.5. The number of nitrogen functional groups attached to an aromatic ring is 1. The number of benzene rings is 3. The monoisotopic (exact) mass is 429 g/mol. The zero-order valence-corrected chi connectivity index (χ0v) is 18.2. The third-order valence-corrected chi connectivity index (χ3v) is 6.14. The van der Waals surface area contributed by atoms with Gasteiger partial charge in [-0.05, 0) is 47.7 Å². The topological polar surface area (TPSA) is 99.6 Å². The molecule has 0 bridgehead atoms. The summed E-state index contributed by atoms with van der Waals surface area (Å²) in [6, 6.07) is 19.0. The molecule has 6 nitrogen and oxygen atoms in total. The standard InChI is InChI=1S/C26H27N3O3/c1-15(2)11-22(28)25(30)29-18-8-10-21-24(13-18)32-23-12-17(27)7-9-20(23)26(21)19-6-4-3-5-16(19)14-31-26/h3-10,12-13,15,22H,11,14,27-28H2,1-2H3,(H,29,30)/t22-,26?/m0/s1. The summed E-state index contributed by atoms with van der Waals surface area (Å²) >= 11 is 0.